The molecule has 9 nitrogen and oxygen atoms in total. The number of aliphatic carboxylic acids is 1. The van der Waals surface area contributed by atoms with Gasteiger partial charge in [0.25, 0.3) is 0 Å². The lowest BCUT2D eigenvalue weighted by molar-refractivity contribution is -0.136. The fraction of sp³-hybridized carbons (Fsp3) is 0.190. The number of amides is 2. The number of aryl methyl sites for hydroxylation is 2. The highest BCUT2D eigenvalue weighted by Gasteiger charge is 2.46. The van der Waals surface area contributed by atoms with Crippen LogP contribution in [-0.4, -0.2) is 37.3 Å². The number of carboxylic acids is 1. The van der Waals surface area contributed by atoms with Crippen LogP contribution < -0.4 is 15.0 Å². The zero-order valence-electron chi connectivity index (χ0n) is 16.6. The average molecular weight is 435 g/mol. The van der Waals surface area contributed by atoms with Crippen LogP contribution in [0.15, 0.2) is 47.8 Å². The number of carbonyl (C=O) groups excluding carboxylic acids is 1. The number of pyridine rings is 3. The number of hydrogen-bond donors (Lipinski definition) is 2. The summed E-state index contributed by atoms with van der Waals surface area (Å²) in [6.07, 6.45) is 3.14. The summed E-state index contributed by atoms with van der Waals surface area (Å²) in [7, 11) is 0. The second-order valence-corrected chi connectivity index (χ2v) is 8.35. The minimum absolute atomic E-state index is 0.357. The fourth-order valence-corrected chi connectivity index (χ4v) is 4.91. The quantitative estimate of drug-likeness (QED) is 0.636. The summed E-state index contributed by atoms with van der Waals surface area (Å²) in [4.78, 5) is 39.1. The molecule has 2 atom stereocenters. The van der Waals surface area contributed by atoms with E-state index in [-0.39, 0.29) is 0 Å². The molecule has 2 unspecified atom stereocenters. The zero-order chi connectivity index (χ0) is 21.7. The summed E-state index contributed by atoms with van der Waals surface area (Å²) >= 11 is 1.14. The van der Waals surface area contributed by atoms with Gasteiger partial charge in [-0.1, -0.05) is 17.8 Å². The smallest absolute Gasteiger partial charge is 0.327 e. The van der Waals surface area contributed by atoms with Gasteiger partial charge in [-0.25, -0.2) is 19.7 Å². The van der Waals surface area contributed by atoms with E-state index < -0.39 is 23.3 Å². The predicted octanol–water partition coefficient (Wildman–Crippen LogP) is 3.74. The highest BCUT2D eigenvalue weighted by molar-refractivity contribution is 8.00. The van der Waals surface area contributed by atoms with Crippen LogP contribution >= 0.6 is 11.8 Å². The molecular weight excluding hydrogens is 418 g/mol. The Hall–Kier alpha value is -3.66. The largest absolute Gasteiger partial charge is 0.480 e. The van der Waals surface area contributed by atoms with Gasteiger partial charge in [-0.3, -0.25) is 9.69 Å². The van der Waals surface area contributed by atoms with Crippen molar-refractivity contribution < 1.29 is 19.4 Å². The number of anilines is 2. The number of carbonyl (C=O) groups is 2. The Morgan fingerprint density at radius 3 is 2.77 bits per heavy atom. The molecule has 0 aromatic carbocycles. The highest BCUT2D eigenvalue weighted by Crippen LogP contribution is 2.50. The number of aromatic nitrogens is 3. The molecule has 0 bridgehead atoms. The second-order valence-electron chi connectivity index (χ2n) is 7.22. The van der Waals surface area contributed by atoms with Gasteiger partial charge < -0.3 is 15.2 Å². The summed E-state index contributed by atoms with van der Waals surface area (Å²) in [5.74, 6) is -0.199. The predicted molar refractivity (Wildman–Crippen MR) is 113 cm³/mol. The number of nitrogens with zero attached hydrogens (tertiary/aromatic N) is 4. The maximum Gasteiger partial charge on any atom is 0.327 e. The van der Waals surface area contributed by atoms with E-state index in [4.69, 9.17) is 4.74 Å². The van der Waals surface area contributed by atoms with E-state index in [1.54, 1.807) is 30.6 Å². The third-order valence-electron chi connectivity index (χ3n) is 5.12. The topological polar surface area (TPSA) is 118 Å². The standard InChI is InChI=1S/C21H17N5O4S/c1-10-8-15(30-14-5-3-4-11(2)24-14)23-9-13(10)26-12-6-7-22-19-16(12)17(25-21(26)29)18(31-19)20(27)28/h3-9,17-18H,1-2H3,(H,25,29)(H,27,28). The Morgan fingerprint density at radius 2 is 2.03 bits per heavy atom. The number of urea groups is 1. The summed E-state index contributed by atoms with van der Waals surface area (Å²) in [6.45, 7) is 3.72. The Kier molecular flexibility index (Phi) is 4.51. The SMILES string of the molecule is Cc1cccc(Oc2cc(C)c(N3C(=O)NC4c5c3ccnc5SC4C(=O)O)cn2)n1. The molecule has 3 aromatic heterocycles. The number of nitrogens with one attached hydrogen (secondary N) is 1. The first-order chi connectivity index (χ1) is 14.9. The Labute approximate surface area is 181 Å². The van der Waals surface area contributed by atoms with E-state index >= 15 is 0 Å². The van der Waals surface area contributed by atoms with Gasteiger partial charge in [0.15, 0.2) is 0 Å². The highest BCUT2D eigenvalue weighted by atomic mass is 32.2. The normalized spacial score (nSPS) is 19.0. The van der Waals surface area contributed by atoms with Gasteiger partial charge in [-0.05, 0) is 31.5 Å². The Bertz CT molecular complexity index is 1230. The molecule has 156 valence electrons. The average Bonchev–Trinajstić information content (AvgIpc) is 3.09. The molecule has 3 aromatic rings. The number of ether oxygens (including phenoxy) is 1. The molecule has 0 aliphatic carbocycles. The summed E-state index contributed by atoms with van der Waals surface area (Å²) in [5, 5.41) is 12.2. The van der Waals surface area contributed by atoms with Crippen molar-refractivity contribution >= 4 is 35.1 Å². The third kappa shape index (κ3) is 3.25. The second kappa shape index (κ2) is 7.24. The van der Waals surface area contributed by atoms with Crippen molar-refractivity contribution in [1.82, 2.24) is 20.3 Å². The van der Waals surface area contributed by atoms with Crippen LogP contribution in [0.4, 0.5) is 16.2 Å². The van der Waals surface area contributed by atoms with Crippen molar-refractivity contribution in [3.05, 3.63) is 59.5 Å². The summed E-state index contributed by atoms with van der Waals surface area (Å²) < 4.78 is 5.75. The van der Waals surface area contributed by atoms with Crippen LogP contribution in [0.25, 0.3) is 0 Å². The number of rotatable bonds is 4. The summed E-state index contributed by atoms with van der Waals surface area (Å²) in [6, 6.07) is 7.87. The molecule has 2 aliphatic rings. The third-order valence-corrected chi connectivity index (χ3v) is 6.40. The van der Waals surface area contributed by atoms with Gasteiger partial charge in [-0.2, -0.15) is 0 Å². The maximum absolute atomic E-state index is 13.0. The first kappa shape index (κ1) is 19.3. The van der Waals surface area contributed by atoms with E-state index in [1.807, 2.05) is 26.0 Å². The zero-order valence-corrected chi connectivity index (χ0v) is 17.4. The molecule has 0 spiro atoms. The van der Waals surface area contributed by atoms with Crippen LogP contribution in [0.2, 0.25) is 0 Å². The van der Waals surface area contributed by atoms with Crippen LogP contribution in [0, 0.1) is 13.8 Å². The molecule has 5 rings (SSSR count). The van der Waals surface area contributed by atoms with Gasteiger partial charge in [0, 0.05) is 29.6 Å². The van der Waals surface area contributed by atoms with Crippen LogP contribution in [-0.2, 0) is 4.79 Å². The van der Waals surface area contributed by atoms with E-state index in [0.29, 0.717) is 33.7 Å². The van der Waals surface area contributed by atoms with Crippen molar-refractivity contribution in [3.63, 3.8) is 0 Å². The van der Waals surface area contributed by atoms with E-state index in [9.17, 15) is 14.7 Å². The van der Waals surface area contributed by atoms with Crippen molar-refractivity contribution in [3.8, 4) is 11.8 Å². The lowest BCUT2D eigenvalue weighted by Gasteiger charge is -2.34. The molecule has 0 saturated heterocycles. The Balaban J connectivity index is 1.51. The number of hydrogen-bond acceptors (Lipinski definition) is 7. The fourth-order valence-electron chi connectivity index (χ4n) is 3.75. The van der Waals surface area contributed by atoms with Crippen molar-refractivity contribution in [2.75, 3.05) is 4.90 Å². The maximum atomic E-state index is 13.0. The molecule has 10 heteroatoms. The number of carboxylic acid groups (broad SMARTS) is 1. The van der Waals surface area contributed by atoms with Crippen molar-refractivity contribution in [1.29, 1.82) is 0 Å². The van der Waals surface area contributed by atoms with Crippen LogP contribution in [0.3, 0.4) is 0 Å². The lowest BCUT2D eigenvalue weighted by atomic mass is 10.0. The van der Waals surface area contributed by atoms with E-state index in [0.717, 1.165) is 23.0 Å². The van der Waals surface area contributed by atoms with Gasteiger partial charge in [-0.15, -0.1) is 0 Å². The minimum Gasteiger partial charge on any atom is -0.480 e. The van der Waals surface area contributed by atoms with Crippen LogP contribution in [0.5, 0.6) is 11.8 Å². The van der Waals surface area contributed by atoms with Crippen molar-refractivity contribution in [2.45, 2.75) is 30.2 Å². The summed E-state index contributed by atoms with van der Waals surface area (Å²) in [5.41, 5.74) is 3.47. The molecular formula is C21H17N5O4S. The Morgan fingerprint density at radius 1 is 1.19 bits per heavy atom. The van der Waals surface area contributed by atoms with Crippen LogP contribution in [0.1, 0.15) is 22.9 Å². The molecule has 5 heterocycles. The van der Waals surface area contributed by atoms with Gasteiger partial charge >= 0.3 is 12.0 Å². The van der Waals surface area contributed by atoms with Gasteiger partial charge in [0.1, 0.15) is 10.3 Å². The van der Waals surface area contributed by atoms with E-state index in [2.05, 4.69) is 20.3 Å². The molecule has 0 saturated carbocycles. The van der Waals surface area contributed by atoms with Crippen molar-refractivity contribution in [2.24, 2.45) is 0 Å². The molecule has 0 fully saturated rings. The molecule has 0 radical (unpaired) electrons. The molecule has 2 N–H and O–H groups in total. The van der Waals surface area contributed by atoms with Gasteiger partial charge in [0.05, 0.1) is 23.6 Å². The monoisotopic (exact) mass is 435 g/mol. The molecule has 2 aliphatic heterocycles. The molecule has 31 heavy (non-hydrogen) atoms. The first-order valence-corrected chi connectivity index (χ1v) is 10.4. The van der Waals surface area contributed by atoms with E-state index in [1.165, 1.54) is 4.90 Å². The number of thioether (sulfide) groups is 1. The first-order valence-electron chi connectivity index (χ1n) is 9.49. The van der Waals surface area contributed by atoms with Gasteiger partial charge in [0.2, 0.25) is 11.8 Å². The minimum atomic E-state index is -0.989. The molecule has 2 amide bonds. The lowest BCUT2D eigenvalue weighted by Crippen LogP contribution is -2.47.